The molecule has 0 saturated heterocycles. The van der Waals surface area contributed by atoms with Crippen molar-refractivity contribution in [2.75, 3.05) is 0 Å². The molecule has 1 heterocycles. The van der Waals surface area contributed by atoms with Crippen LogP contribution in [-0.2, 0) is 10.1 Å². The van der Waals surface area contributed by atoms with Crippen molar-refractivity contribution in [1.29, 1.82) is 0 Å². The molecule has 0 aliphatic carbocycles. The first kappa shape index (κ1) is 7.96. The molecule has 6 heteroatoms. The van der Waals surface area contributed by atoms with Gasteiger partial charge in [-0.15, -0.1) is 0 Å². The Bertz CT molecular complexity index is 346. The van der Waals surface area contributed by atoms with E-state index in [2.05, 4.69) is 4.42 Å². The van der Waals surface area contributed by atoms with Crippen LogP contribution in [0.5, 0.6) is 0 Å². The quantitative estimate of drug-likeness (QED) is 0.622. The van der Waals surface area contributed by atoms with Crippen molar-refractivity contribution in [3.8, 4) is 0 Å². The molecule has 0 spiro atoms. The van der Waals surface area contributed by atoms with Gasteiger partial charge in [-0.3, -0.25) is 9.35 Å². The number of carbonyl (C=O) groups excluding carboxylic acids is 1. The highest BCUT2D eigenvalue weighted by Gasteiger charge is 2.22. The lowest BCUT2D eigenvalue weighted by Gasteiger charge is -1.88. The van der Waals surface area contributed by atoms with Gasteiger partial charge >= 0.3 is 15.2 Å². The predicted octanol–water partition coefficient (Wildman–Crippen LogP) is 0.308. The van der Waals surface area contributed by atoms with Crippen molar-refractivity contribution in [3.63, 3.8) is 0 Å². The lowest BCUT2D eigenvalue weighted by molar-refractivity contribution is 0.104. The van der Waals surface area contributed by atoms with Crippen LogP contribution in [0.25, 0.3) is 0 Å². The molecule has 0 radical (unpaired) electrons. The van der Waals surface area contributed by atoms with Gasteiger partial charge in [0.2, 0.25) is 0 Å². The molecule has 1 N–H and O–H groups in total. The summed E-state index contributed by atoms with van der Waals surface area (Å²) in [5.74, 6) is -0.396. The first-order chi connectivity index (χ1) is 5.02. The third kappa shape index (κ3) is 1.66. The minimum atomic E-state index is -4.66. The van der Waals surface area contributed by atoms with Gasteiger partial charge in [0.1, 0.15) is 0 Å². The molecule has 11 heavy (non-hydrogen) atoms. The molecule has 1 aromatic heterocycles. The summed E-state index contributed by atoms with van der Waals surface area (Å²) in [6, 6.07) is 2.49. The van der Waals surface area contributed by atoms with Gasteiger partial charge in [-0.05, 0) is 12.1 Å². The number of rotatable bonds is 1. The van der Waals surface area contributed by atoms with Crippen LogP contribution in [-0.4, -0.2) is 18.1 Å². The topological polar surface area (TPSA) is 84.6 Å². The van der Waals surface area contributed by atoms with Crippen LogP contribution in [0.4, 0.5) is 0 Å². The fourth-order valence-electron chi connectivity index (χ4n) is 0.522. The number of hydrogen-bond acceptors (Lipinski definition) is 4. The Hall–Kier alpha value is -1.14. The van der Waals surface area contributed by atoms with E-state index in [1.807, 2.05) is 0 Å². The number of furan rings is 1. The molecule has 0 fully saturated rings. The van der Waals surface area contributed by atoms with Crippen molar-refractivity contribution < 1.29 is 22.2 Å². The summed E-state index contributed by atoms with van der Waals surface area (Å²) in [5, 5.41) is -1.43. The molecular weight excluding hydrogens is 172 g/mol. The maximum atomic E-state index is 10.6. The standard InChI is InChI=1S/C5H4O5S/c6-5(11(7,8)9)4-2-1-3-10-4/h1-3H,(H,7,8,9). The van der Waals surface area contributed by atoms with Crippen molar-refractivity contribution in [2.24, 2.45) is 0 Å². The van der Waals surface area contributed by atoms with E-state index in [9.17, 15) is 13.2 Å². The molecule has 0 aliphatic rings. The van der Waals surface area contributed by atoms with Gasteiger partial charge in [0, 0.05) is 0 Å². The third-order valence-electron chi connectivity index (χ3n) is 0.957. The average Bonchev–Trinajstić information content (AvgIpc) is 2.34. The van der Waals surface area contributed by atoms with E-state index in [-0.39, 0.29) is 0 Å². The van der Waals surface area contributed by atoms with Gasteiger partial charge in [-0.2, -0.15) is 8.42 Å². The Balaban J connectivity index is 3.07. The summed E-state index contributed by atoms with van der Waals surface area (Å²) < 4.78 is 33.0. The molecule has 1 aromatic rings. The highest BCUT2D eigenvalue weighted by molar-refractivity contribution is 8.01. The zero-order valence-electron chi connectivity index (χ0n) is 5.22. The van der Waals surface area contributed by atoms with Crippen LogP contribution >= 0.6 is 0 Å². The molecule has 0 aliphatic heterocycles. The van der Waals surface area contributed by atoms with E-state index in [0.717, 1.165) is 12.3 Å². The van der Waals surface area contributed by atoms with E-state index in [1.165, 1.54) is 6.07 Å². The molecule has 0 aromatic carbocycles. The SMILES string of the molecule is O=C(c1ccco1)S(=O)(=O)O. The molecule has 1 rings (SSSR count). The van der Waals surface area contributed by atoms with E-state index in [4.69, 9.17) is 4.55 Å². The Morgan fingerprint density at radius 3 is 2.55 bits per heavy atom. The van der Waals surface area contributed by atoms with Crippen LogP contribution in [0, 0.1) is 0 Å². The van der Waals surface area contributed by atoms with Gasteiger partial charge in [0.05, 0.1) is 6.26 Å². The third-order valence-corrected chi connectivity index (χ3v) is 1.63. The Morgan fingerprint density at radius 1 is 1.55 bits per heavy atom. The molecular formula is C5H4O5S. The van der Waals surface area contributed by atoms with Gasteiger partial charge in [-0.25, -0.2) is 0 Å². The first-order valence-corrected chi connectivity index (χ1v) is 4.01. The van der Waals surface area contributed by atoms with Crippen LogP contribution < -0.4 is 0 Å². The fraction of sp³-hybridized carbons (Fsp3) is 0. The average molecular weight is 176 g/mol. The van der Waals surface area contributed by atoms with Crippen molar-refractivity contribution in [1.82, 2.24) is 0 Å². The minimum Gasteiger partial charge on any atom is -0.460 e. The summed E-state index contributed by atoms with van der Waals surface area (Å²) >= 11 is 0. The summed E-state index contributed by atoms with van der Waals surface area (Å²) in [7, 11) is -4.66. The number of hydrogen-bond donors (Lipinski definition) is 1. The molecule has 5 nitrogen and oxygen atoms in total. The Labute approximate surface area is 62.4 Å². The van der Waals surface area contributed by atoms with Crippen molar-refractivity contribution in [3.05, 3.63) is 24.2 Å². The predicted molar refractivity (Wildman–Crippen MR) is 34.6 cm³/mol. The maximum Gasteiger partial charge on any atom is 0.338 e. The van der Waals surface area contributed by atoms with Crippen LogP contribution in [0.3, 0.4) is 0 Å². The van der Waals surface area contributed by atoms with Crippen LogP contribution in [0.15, 0.2) is 22.8 Å². The Kier molecular flexibility index (Phi) is 1.79. The van der Waals surface area contributed by atoms with Gasteiger partial charge < -0.3 is 4.42 Å². The summed E-state index contributed by atoms with van der Waals surface area (Å²) in [6.45, 7) is 0. The molecule has 0 amide bonds. The highest BCUT2D eigenvalue weighted by Crippen LogP contribution is 2.04. The van der Waals surface area contributed by atoms with E-state index >= 15 is 0 Å². The van der Waals surface area contributed by atoms with Crippen LogP contribution in [0.1, 0.15) is 10.6 Å². The van der Waals surface area contributed by atoms with Crippen molar-refractivity contribution in [2.45, 2.75) is 0 Å². The van der Waals surface area contributed by atoms with Gasteiger partial charge in [0.15, 0.2) is 5.76 Å². The van der Waals surface area contributed by atoms with Gasteiger partial charge in [0.25, 0.3) is 0 Å². The van der Waals surface area contributed by atoms with E-state index in [0.29, 0.717) is 0 Å². The fourth-order valence-corrected chi connectivity index (χ4v) is 0.892. The van der Waals surface area contributed by atoms with E-state index < -0.39 is 21.0 Å². The summed E-state index contributed by atoms with van der Waals surface area (Å²) in [5.41, 5.74) is 0. The zero-order valence-corrected chi connectivity index (χ0v) is 6.04. The Morgan fingerprint density at radius 2 is 2.18 bits per heavy atom. The highest BCUT2D eigenvalue weighted by atomic mass is 32.2. The normalized spacial score (nSPS) is 11.4. The smallest absolute Gasteiger partial charge is 0.338 e. The first-order valence-electron chi connectivity index (χ1n) is 2.57. The second-order valence-electron chi connectivity index (χ2n) is 1.74. The van der Waals surface area contributed by atoms with Gasteiger partial charge in [-0.1, -0.05) is 0 Å². The van der Waals surface area contributed by atoms with Crippen LogP contribution in [0.2, 0.25) is 0 Å². The van der Waals surface area contributed by atoms with Crippen molar-refractivity contribution >= 4 is 15.2 Å². The zero-order chi connectivity index (χ0) is 8.48. The second kappa shape index (κ2) is 2.48. The molecule has 0 bridgehead atoms. The largest absolute Gasteiger partial charge is 0.460 e. The summed E-state index contributed by atoms with van der Waals surface area (Å²) in [6.07, 6.45) is 1.14. The lowest BCUT2D eigenvalue weighted by Crippen LogP contribution is -2.12. The molecule has 0 unspecified atom stereocenters. The lowest BCUT2D eigenvalue weighted by atomic mass is 10.5. The monoisotopic (exact) mass is 176 g/mol. The minimum absolute atomic E-state index is 0.396. The number of carbonyl (C=O) groups is 1. The maximum absolute atomic E-state index is 10.6. The molecule has 0 atom stereocenters. The van der Waals surface area contributed by atoms with E-state index in [1.54, 1.807) is 0 Å². The summed E-state index contributed by atoms with van der Waals surface area (Å²) in [4.78, 5) is 10.6. The molecule has 60 valence electrons. The molecule has 0 saturated carbocycles. The second-order valence-corrected chi connectivity index (χ2v) is 3.06.